The minimum atomic E-state index is -0.445. The van der Waals surface area contributed by atoms with Gasteiger partial charge in [-0.1, -0.05) is 19.1 Å². The molecule has 2 N–H and O–H groups in total. The fourth-order valence-electron chi connectivity index (χ4n) is 4.33. The van der Waals surface area contributed by atoms with E-state index in [9.17, 15) is 14.4 Å². The number of likely N-dealkylation sites (tertiary alicyclic amines) is 1. The average Bonchev–Trinajstić information content (AvgIpc) is 2.66. The Hall–Kier alpha value is -2.01. The zero-order valence-corrected chi connectivity index (χ0v) is 16.4. The Bertz CT molecular complexity index is 733. The molecule has 1 heterocycles. The van der Waals surface area contributed by atoms with Crippen LogP contribution in [0, 0.1) is 11.8 Å². The molecule has 3 rings (SSSR count). The lowest BCUT2D eigenvalue weighted by Gasteiger charge is -2.35. The van der Waals surface area contributed by atoms with Gasteiger partial charge in [0.05, 0.1) is 6.04 Å². The minimum Gasteiger partial charge on any atom is -0.341 e. The summed E-state index contributed by atoms with van der Waals surface area (Å²) in [5.41, 5.74) is 8.68. The van der Waals surface area contributed by atoms with Crippen LogP contribution in [0.15, 0.2) is 18.2 Å². The maximum atomic E-state index is 12.8. The topological polar surface area (TPSA) is 80.5 Å². The lowest BCUT2D eigenvalue weighted by molar-refractivity contribution is -0.133. The molecule has 27 heavy (non-hydrogen) atoms. The molecule has 0 bridgehead atoms. The number of rotatable bonds is 5. The largest absolute Gasteiger partial charge is 0.341 e. The summed E-state index contributed by atoms with van der Waals surface area (Å²) < 4.78 is 0. The van der Waals surface area contributed by atoms with Gasteiger partial charge >= 0.3 is 0 Å². The van der Waals surface area contributed by atoms with Gasteiger partial charge in [-0.2, -0.15) is 0 Å². The lowest BCUT2D eigenvalue weighted by atomic mass is 9.81. The van der Waals surface area contributed by atoms with Crippen LogP contribution in [0.4, 0.5) is 0 Å². The van der Waals surface area contributed by atoms with Crippen LogP contribution in [0.2, 0.25) is 0 Å². The second-order valence-corrected chi connectivity index (χ2v) is 8.25. The van der Waals surface area contributed by atoms with Crippen molar-refractivity contribution >= 4 is 17.5 Å². The smallest absolute Gasteiger partial charge is 0.239 e. The summed E-state index contributed by atoms with van der Waals surface area (Å²) in [6.07, 6.45) is 4.22. The fraction of sp³-hybridized carbons (Fsp3) is 0.591. The molecule has 0 spiro atoms. The molecule has 1 aliphatic carbocycles. The van der Waals surface area contributed by atoms with Crippen LogP contribution in [0.1, 0.15) is 61.0 Å². The number of Topliss-reactive ketones (excluding diaryl/α,β-unsaturated/α-hetero) is 2. The van der Waals surface area contributed by atoms with Crippen LogP contribution in [0.25, 0.3) is 0 Å². The van der Waals surface area contributed by atoms with Crippen LogP contribution in [-0.2, 0) is 22.4 Å². The number of carbonyl (C=O) groups excluding carboxylic acids is 3. The molecule has 0 saturated carbocycles. The summed E-state index contributed by atoms with van der Waals surface area (Å²) in [5.74, 6) is 1.23. The normalized spacial score (nSPS) is 20.1. The van der Waals surface area contributed by atoms with Crippen molar-refractivity contribution in [2.75, 3.05) is 13.1 Å². The molecule has 1 aromatic rings. The average molecular weight is 370 g/mol. The number of fused-ring (bicyclic) bond motifs is 1. The molecule has 5 nitrogen and oxygen atoms in total. The fourth-order valence-corrected chi connectivity index (χ4v) is 4.33. The number of piperidine rings is 1. The first-order valence-corrected chi connectivity index (χ1v) is 10.1. The first-order chi connectivity index (χ1) is 12.8. The number of carbonyl (C=O) groups is 3. The molecule has 2 atom stereocenters. The molecule has 1 fully saturated rings. The Balaban J connectivity index is 1.55. The van der Waals surface area contributed by atoms with E-state index in [0.717, 1.165) is 49.0 Å². The molecule has 1 amide bonds. The van der Waals surface area contributed by atoms with Gasteiger partial charge < -0.3 is 10.6 Å². The predicted molar refractivity (Wildman–Crippen MR) is 105 cm³/mol. The standard InChI is InChI=1S/C22H30N2O3/c1-14(16-7-9-24(10-8-16)22(27)15(2)23)11-21(26)19-4-3-18-13-20(25)6-5-17(18)12-19/h3-4,12,14-16H,5-11,13,23H2,1-2H3/t14?,15-/m0/s1. The first kappa shape index (κ1) is 19.7. The Kier molecular flexibility index (Phi) is 6.10. The number of benzene rings is 1. The van der Waals surface area contributed by atoms with Gasteiger partial charge in [0, 0.05) is 37.9 Å². The maximum Gasteiger partial charge on any atom is 0.239 e. The molecule has 1 aliphatic heterocycles. The van der Waals surface area contributed by atoms with Crippen molar-refractivity contribution in [2.45, 2.75) is 58.4 Å². The molecule has 1 unspecified atom stereocenters. The van der Waals surface area contributed by atoms with E-state index in [0.29, 0.717) is 31.1 Å². The number of hydrogen-bond acceptors (Lipinski definition) is 4. The molecule has 1 aromatic carbocycles. The highest BCUT2D eigenvalue weighted by molar-refractivity contribution is 5.96. The number of nitrogens with zero attached hydrogens (tertiary/aromatic N) is 1. The van der Waals surface area contributed by atoms with Gasteiger partial charge in [-0.25, -0.2) is 0 Å². The van der Waals surface area contributed by atoms with Crippen molar-refractivity contribution in [2.24, 2.45) is 17.6 Å². The molecular weight excluding hydrogens is 340 g/mol. The second-order valence-electron chi connectivity index (χ2n) is 8.25. The minimum absolute atomic E-state index is 0.0183. The molecule has 0 aromatic heterocycles. The monoisotopic (exact) mass is 370 g/mol. The van der Waals surface area contributed by atoms with Crippen LogP contribution in [0.5, 0.6) is 0 Å². The van der Waals surface area contributed by atoms with Crippen molar-refractivity contribution in [1.29, 1.82) is 0 Å². The van der Waals surface area contributed by atoms with Gasteiger partial charge in [0.15, 0.2) is 5.78 Å². The van der Waals surface area contributed by atoms with Crippen molar-refractivity contribution in [1.82, 2.24) is 4.90 Å². The molecule has 0 radical (unpaired) electrons. The lowest BCUT2D eigenvalue weighted by Crippen LogP contribution is -2.46. The molecule has 2 aliphatic rings. The summed E-state index contributed by atoms with van der Waals surface area (Å²) in [7, 11) is 0. The van der Waals surface area contributed by atoms with Gasteiger partial charge in [-0.15, -0.1) is 0 Å². The van der Waals surface area contributed by atoms with E-state index in [1.54, 1.807) is 6.92 Å². The van der Waals surface area contributed by atoms with Crippen LogP contribution in [-0.4, -0.2) is 41.5 Å². The van der Waals surface area contributed by atoms with E-state index in [-0.39, 0.29) is 17.5 Å². The Labute approximate surface area is 161 Å². The summed E-state index contributed by atoms with van der Waals surface area (Å²) >= 11 is 0. The molecule has 146 valence electrons. The third-order valence-corrected chi connectivity index (χ3v) is 6.14. The highest BCUT2D eigenvalue weighted by atomic mass is 16.2. The first-order valence-electron chi connectivity index (χ1n) is 10.1. The third-order valence-electron chi connectivity index (χ3n) is 6.14. The van der Waals surface area contributed by atoms with E-state index >= 15 is 0 Å². The zero-order valence-electron chi connectivity index (χ0n) is 16.4. The van der Waals surface area contributed by atoms with Gasteiger partial charge in [0.1, 0.15) is 5.78 Å². The van der Waals surface area contributed by atoms with Crippen molar-refractivity contribution in [3.8, 4) is 0 Å². The summed E-state index contributed by atoms with van der Waals surface area (Å²) in [4.78, 5) is 38.2. The number of hydrogen-bond donors (Lipinski definition) is 1. The van der Waals surface area contributed by atoms with E-state index in [2.05, 4.69) is 6.92 Å². The predicted octanol–water partition coefficient (Wildman–Crippen LogP) is 2.54. The number of amides is 1. The number of nitrogens with two attached hydrogens (primary N) is 1. The van der Waals surface area contributed by atoms with Gasteiger partial charge in [0.25, 0.3) is 0 Å². The summed E-state index contributed by atoms with van der Waals surface area (Å²) in [5, 5.41) is 0. The highest BCUT2D eigenvalue weighted by Crippen LogP contribution is 2.29. The third kappa shape index (κ3) is 4.64. The molecular formula is C22H30N2O3. The number of aryl methyl sites for hydroxylation is 1. The Morgan fingerprint density at radius 2 is 1.85 bits per heavy atom. The van der Waals surface area contributed by atoms with E-state index in [1.807, 2.05) is 23.1 Å². The highest BCUT2D eigenvalue weighted by Gasteiger charge is 2.28. The Morgan fingerprint density at radius 1 is 1.15 bits per heavy atom. The van der Waals surface area contributed by atoms with Gasteiger partial charge in [0.2, 0.25) is 5.91 Å². The summed E-state index contributed by atoms with van der Waals surface area (Å²) in [6, 6.07) is 5.36. The SMILES string of the molecule is CC(CC(=O)c1ccc2c(c1)CCC(=O)C2)C1CCN(C(=O)[C@H](C)N)CC1. The molecule has 5 heteroatoms. The van der Waals surface area contributed by atoms with Crippen molar-refractivity contribution < 1.29 is 14.4 Å². The Morgan fingerprint density at radius 3 is 2.52 bits per heavy atom. The van der Waals surface area contributed by atoms with Crippen molar-refractivity contribution in [3.05, 3.63) is 34.9 Å². The summed E-state index contributed by atoms with van der Waals surface area (Å²) in [6.45, 7) is 5.33. The van der Waals surface area contributed by atoms with Crippen LogP contribution in [0.3, 0.4) is 0 Å². The van der Waals surface area contributed by atoms with Crippen LogP contribution >= 0.6 is 0 Å². The van der Waals surface area contributed by atoms with E-state index in [1.165, 1.54) is 0 Å². The maximum absolute atomic E-state index is 12.8. The zero-order chi connectivity index (χ0) is 19.6. The van der Waals surface area contributed by atoms with Gasteiger partial charge in [-0.3, -0.25) is 14.4 Å². The van der Waals surface area contributed by atoms with Crippen molar-refractivity contribution in [3.63, 3.8) is 0 Å². The quantitative estimate of drug-likeness (QED) is 0.808. The molecule has 1 saturated heterocycles. The van der Waals surface area contributed by atoms with Gasteiger partial charge in [-0.05, 0) is 55.2 Å². The number of ketones is 2. The van der Waals surface area contributed by atoms with Crippen LogP contribution < -0.4 is 5.73 Å². The second kappa shape index (κ2) is 8.34. The van der Waals surface area contributed by atoms with E-state index in [4.69, 9.17) is 5.73 Å². The van der Waals surface area contributed by atoms with E-state index < -0.39 is 6.04 Å².